The van der Waals surface area contributed by atoms with Gasteiger partial charge in [-0.2, -0.15) is 8.42 Å². The van der Waals surface area contributed by atoms with E-state index in [2.05, 4.69) is 32.9 Å². The van der Waals surface area contributed by atoms with Crippen LogP contribution in [0.25, 0.3) is 0 Å². The second-order valence-corrected chi connectivity index (χ2v) is 11.4. The zero-order valence-corrected chi connectivity index (χ0v) is 21.3. The average Bonchev–Trinajstić information content (AvgIpc) is 2.66. The number of Topliss-reactive ketones (excluding diaryl/α,β-unsaturated/α-hetero) is 1. The minimum absolute atomic E-state index is 0.0325. The Morgan fingerprint density at radius 3 is 2.58 bits per heavy atom. The molecule has 0 unspecified atom stereocenters. The fourth-order valence-electron chi connectivity index (χ4n) is 4.58. The molecule has 4 atom stereocenters. The van der Waals surface area contributed by atoms with Crippen LogP contribution in [-0.2, 0) is 28.6 Å². The van der Waals surface area contributed by atoms with E-state index in [1.807, 2.05) is 25.2 Å². The van der Waals surface area contributed by atoms with Crippen molar-refractivity contribution in [1.29, 1.82) is 0 Å². The van der Waals surface area contributed by atoms with E-state index in [1.54, 1.807) is 6.92 Å². The number of rotatable bonds is 7. The van der Waals surface area contributed by atoms with Gasteiger partial charge >= 0.3 is 0 Å². The van der Waals surface area contributed by atoms with E-state index in [-0.39, 0.29) is 30.8 Å². The van der Waals surface area contributed by atoms with Gasteiger partial charge in [0.1, 0.15) is 0 Å². The summed E-state index contributed by atoms with van der Waals surface area (Å²) >= 11 is 0. The quantitative estimate of drug-likeness (QED) is 0.382. The highest BCUT2D eigenvalue weighted by atomic mass is 32.2. The van der Waals surface area contributed by atoms with E-state index in [0.717, 1.165) is 31.1 Å². The van der Waals surface area contributed by atoms with Gasteiger partial charge in [0.15, 0.2) is 5.78 Å². The summed E-state index contributed by atoms with van der Waals surface area (Å²) in [5, 5.41) is 0. The largest absolute Gasteiger partial charge is 0.335 e. The van der Waals surface area contributed by atoms with E-state index in [0.29, 0.717) is 11.1 Å². The van der Waals surface area contributed by atoms with Crippen molar-refractivity contribution in [2.24, 2.45) is 5.92 Å². The average molecular weight is 477 g/mol. The van der Waals surface area contributed by atoms with Crippen LogP contribution in [0, 0.1) is 5.92 Å². The van der Waals surface area contributed by atoms with Crippen LogP contribution in [0.4, 0.5) is 0 Å². The van der Waals surface area contributed by atoms with Gasteiger partial charge in [-0.25, -0.2) is 0 Å². The van der Waals surface area contributed by atoms with Crippen molar-refractivity contribution < 1.29 is 26.9 Å². The van der Waals surface area contributed by atoms with Gasteiger partial charge in [-0.1, -0.05) is 28.9 Å². The summed E-state index contributed by atoms with van der Waals surface area (Å²) in [6, 6.07) is 0. The van der Waals surface area contributed by atoms with Crippen molar-refractivity contribution in [1.82, 2.24) is 0 Å². The first-order valence-electron chi connectivity index (χ1n) is 11.5. The molecule has 3 aliphatic rings. The summed E-state index contributed by atoms with van der Waals surface area (Å²) in [7, 11) is -3.63. The Morgan fingerprint density at radius 2 is 1.91 bits per heavy atom. The third-order valence-electron chi connectivity index (χ3n) is 6.15. The van der Waals surface area contributed by atoms with Crippen molar-refractivity contribution >= 4 is 15.9 Å². The lowest BCUT2D eigenvalue weighted by molar-refractivity contribution is -0.224. The standard InChI is InChI=1S/C26H36O6S/c1-17(2)8-7-9-18(3)10-22-11-19(4)14-26(31-22)15-21(16-30-33(6,28)29)23-13-24(27)20(5)12-25(23)32-26/h8,10,12,14-15,22-23,25H,7,9,11,13,16H2,1-6H3/b18-10+/t22-,23-,25-,26+/m1/s1. The number of ether oxygens (including phenoxy) is 2. The predicted molar refractivity (Wildman–Crippen MR) is 129 cm³/mol. The molecule has 0 saturated heterocycles. The Labute approximate surface area is 198 Å². The lowest BCUT2D eigenvalue weighted by Crippen LogP contribution is -2.49. The molecule has 33 heavy (non-hydrogen) atoms. The maximum Gasteiger partial charge on any atom is 0.264 e. The summed E-state index contributed by atoms with van der Waals surface area (Å²) < 4.78 is 41.4. The molecule has 0 bridgehead atoms. The third kappa shape index (κ3) is 7.09. The van der Waals surface area contributed by atoms with Crippen LogP contribution in [0.15, 0.2) is 58.2 Å². The second-order valence-electron chi connectivity index (χ2n) is 9.76. The van der Waals surface area contributed by atoms with Gasteiger partial charge in [-0.05, 0) is 83.3 Å². The molecular weight excluding hydrogens is 440 g/mol. The molecule has 1 spiro atoms. The number of fused-ring (bicyclic) bond motifs is 1. The fraction of sp³-hybridized carbons (Fsp3) is 0.577. The monoisotopic (exact) mass is 476 g/mol. The lowest BCUT2D eigenvalue weighted by Gasteiger charge is -2.45. The zero-order valence-electron chi connectivity index (χ0n) is 20.5. The highest BCUT2D eigenvalue weighted by Gasteiger charge is 2.45. The molecule has 0 N–H and O–H groups in total. The number of carbonyl (C=O) groups is 1. The summed E-state index contributed by atoms with van der Waals surface area (Å²) in [6.07, 6.45) is 13.4. The molecule has 182 valence electrons. The maximum absolute atomic E-state index is 12.4. The highest BCUT2D eigenvalue weighted by molar-refractivity contribution is 7.86. The molecule has 2 heterocycles. The Morgan fingerprint density at radius 1 is 1.18 bits per heavy atom. The molecule has 1 aliphatic carbocycles. The molecule has 3 rings (SSSR count). The van der Waals surface area contributed by atoms with Crippen molar-refractivity contribution in [3.05, 3.63) is 58.2 Å². The molecule has 6 nitrogen and oxygen atoms in total. The van der Waals surface area contributed by atoms with Gasteiger partial charge in [0, 0.05) is 12.3 Å². The van der Waals surface area contributed by atoms with Crippen molar-refractivity contribution in [2.45, 2.75) is 78.3 Å². The molecule has 0 fully saturated rings. The van der Waals surface area contributed by atoms with Gasteiger partial charge in [-0.3, -0.25) is 8.98 Å². The van der Waals surface area contributed by atoms with Crippen LogP contribution in [0.1, 0.15) is 60.3 Å². The number of hydrogen-bond acceptors (Lipinski definition) is 6. The Kier molecular flexibility index (Phi) is 7.99. The summed E-state index contributed by atoms with van der Waals surface area (Å²) in [6.45, 7) is 10.0. The van der Waals surface area contributed by atoms with Crippen LogP contribution in [-0.4, -0.2) is 45.1 Å². The van der Waals surface area contributed by atoms with Crippen LogP contribution in [0.2, 0.25) is 0 Å². The fourth-order valence-corrected chi connectivity index (χ4v) is 4.93. The number of carbonyl (C=O) groups excluding carboxylic acids is 1. The molecule has 0 aromatic rings. The van der Waals surface area contributed by atoms with Gasteiger partial charge in [0.05, 0.1) is 25.1 Å². The minimum Gasteiger partial charge on any atom is -0.335 e. The number of hydrogen-bond donors (Lipinski definition) is 0. The van der Waals surface area contributed by atoms with Crippen LogP contribution in [0.3, 0.4) is 0 Å². The van der Waals surface area contributed by atoms with Gasteiger partial charge in [-0.15, -0.1) is 0 Å². The zero-order chi connectivity index (χ0) is 24.4. The molecular formula is C26H36O6S. The predicted octanol–water partition coefficient (Wildman–Crippen LogP) is 4.95. The summed E-state index contributed by atoms with van der Waals surface area (Å²) in [4.78, 5) is 12.4. The van der Waals surface area contributed by atoms with Crippen LogP contribution in [0.5, 0.6) is 0 Å². The molecule has 2 aliphatic heterocycles. The molecule has 0 aromatic heterocycles. The van der Waals surface area contributed by atoms with E-state index >= 15 is 0 Å². The topological polar surface area (TPSA) is 78.9 Å². The van der Waals surface area contributed by atoms with Crippen molar-refractivity contribution in [3.63, 3.8) is 0 Å². The molecule has 0 amide bonds. The van der Waals surface area contributed by atoms with Gasteiger partial charge < -0.3 is 9.47 Å². The third-order valence-corrected chi connectivity index (χ3v) is 6.69. The number of allylic oxidation sites excluding steroid dienone is 4. The van der Waals surface area contributed by atoms with Crippen molar-refractivity contribution in [3.8, 4) is 0 Å². The Hall–Kier alpha value is -1.80. The Balaban J connectivity index is 1.90. The normalized spacial score (nSPS) is 30.4. The van der Waals surface area contributed by atoms with E-state index in [9.17, 15) is 13.2 Å². The van der Waals surface area contributed by atoms with E-state index in [4.69, 9.17) is 13.7 Å². The van der Waals surface area contributed by atoms with Crippen molar-refractivity contribution in [2.75, 3.05) is 12.9 Å². The molecule has 0 aromatic carbocycles. The minimum atomic E-state index is -3.63. The second kappa shape index (κ2) is 10.2. The first-order chi connectivity index (χ1) is 15.4. The van der Waals surface area contributed by atoms with E-state index in [1.165, 1.54) is 11.1 Å². The highest BCUT2D eigenvalue weighted by Crippen LogP contribution is 2.42. The molecule has 0 radical (unpaired) electrons. The molecule has 0 saturated carbocycles. The maximum atomic E-state index is 12.4. The van der Waals surface area contributed by atoms with E-state index < -0.39 is 22.0 Å². The summed E-state index contributed by atoms with van der Waals surface area (Å²) in [5.74, 6) is -1.36. The lowest BCUT2D eigenvalue weighted by atomic mass is 9.79. The first kappa shape index (κ1) is 25.8. The first-order valence-corrected chi connectivity index (χ1v) is 13.3. The smallest absolute Gasteiger partial charge is 0.264 e. The van der Waals surface area contributed by atoms with Crippen LogP contribution >= 0.6 is 0 Å². The van der Waals surface area contributed by atoms with Crippen LogP contribution < -0.4 is 0 Å². The molecule has 7 heteroatoms. The Bertz CT molecular complexity index is 1040. The van der Waals surface area contributed by atoms with Gasteiger partial charge in [0.25, 0.3) is 10.1 Å². The number of ketones is 1. The SMILES string of the molecule is CC(C)=CCC/C(C)=C/[C@@H]1CC(C)=C[C@]2(C=C(COS(C)(=O)=O)[C@H]3CC(=O)C(C)=C[C@H]3O2)O1. The van der Waals surface area contributed by atoms with Gasteiger partial charge in [0.2, 0.25) is 5.79 Å². The summed E-state index contributed by atoms with van der Waals surface area (Å²) in [5.41, 5.74) is 5.05.